The smallest absolute Gasteiger partial charge is 0.271 e. The number of hydrogen-bond acceptors (Lipinski definition) is 6. The van der Waals surface area contributed by atoms with Gasteiger partial charge < -0.3 is 9.47 Å². The number of thioether (sulfide) groups is 1. The Morgan fingerprint density at radius 3 is 2.66 bits per heavy atom. The van der Waals surface area contributed by atoms with Gasteiger partial charge in [-0.25, -0.2) is 9.98 Å². The third kappa shape index (κ3) is 3.48. The highest BCUT2D eigenvalue weighted by molar-refractivity contribution is 8.19. The van der Waals surface area contributed by atoms with Crippen LogP contribution in [0.3, 0.4) is 0 Å². The molecule has 1 saturated heterocycles. The molecule has 3 aromatic rings. The van der Waals surface area contributed by atoms with Crippen molar-refractivity contribution in [2.75, 3.05) is 11.7 Å². The second-order valence-corrected chi connectivity index (χ2v) is 7.29. The number of anilines is 1. The zero-order valence-electron chi connectivity index (χ0n) is 15.2. The van der Waals surface area contributed by atoms with Gasteiger partial charge in [0.1, 0.15) is 0 Å². The maximum atomic E-state index is 13.2. The van der Waals surface area contributed by atoms with Crippen LogP contribution in [0.1, 0.15) is 5.56 Å². The van der Waals surface area contributed by atoms with Crippen molar-refractivity contribution in [3.8, 4) is 11.5 Å². The third-order valence-electron chi connectivity index (χ3n) is 4.37. The highest BCUT2D eigenvalue weighted by Gasteiger charge is 2.34. The van der Waals surface area contributed by atoms with E-state index in [9.17, 15) is 4.79 Å². The maximum absolute atomic E-state index is 13.2. The average molecular weight is 401 g/mol. The molecule has 3 heterocycles. The number of aromatic nitrogens is 1. The molecule has 5 rings (SSSR count). The number of hydrogen-bond donors (Lipinski definition) is 0. The summed E-state index contributed by atoms with van der Waals surface area (Å²) in [5.41, 5.74) is 1.62. The van der Waals surface area contributed by atoms with Crippen molar-refractivity contribution in [1.82, 2.24) is 4.98 Å². The molecule has 0 saturated carbocycles. The minimum atomic E-state index is -0.131. The highest BCUT2D eigenvalue weighted by Crippen LogP contribution is 2.38. The molecule has 29 heavy (non-hydrogen) atoms. The van der Waals surface area contributed by atoms with Crippen LogP contribution in [0.5, 0.6) is 11.5 Å². The molecule has 0 spiro atoms. The quantitative estimate of drug-likeness (QED) is 0.599. The lowest BCUT2D eigenvalue weighted by Gasteiger charge is -2.15. The fourth-order valence-electron chi connectivity index (χ4n) is 3.03. The second-order valence-electron chi connectivity index (χ2n) is 6.28. The van der Waals surface area contributed by atoms with Crippen LogP contribution in [-0.2, 0) is 4.79 Å². The van der Waals surface area contributed by atoms with Gasteiger partial charge in [-0.3, -0.25) is 9.69 Å². The number of amidine groups is 1. The Hall–Kier alpha value is -3.58. The fraction of sp³-hybridized carbons (Fsp3) is 0.0455. The Morgan fingerprint density at radius 1 is 1.00 bits per heavy atom. The molecule has 0 unspecified atom stereocenters. The number of benzene rings is 2. The van der Waals surface area contributed by atoms with Gasteiger partial charge >= 0.3 is 0 Å². The van der Waals surface area contributed by atoms with Crippen LogP contribution < -0.4 is 14.4 Å². The van der Waals surface area contributed by atoms with Crippen molar-refractivity contribution in [3.05, 3.63) is 83.4 Å². The van der Waals surface area contributed by atoms with Crippen LogP contribution >= 0.6 is 11.8 Å². The van der Waals surface area contributed by atoms with Gasteiger partial charge in [-0.05, 0) is 59.8 Å². The maximum Gasteiger partial charge on any atom is 0.271 e. The van der Waals surface area contributed by atoms with E-state index in [4.69, 9.17) is 9.47 Å². The minimum absolute atomic E-state index is 0.131. The summed E-state index contributed by atoms with van der Waals surface area (Å²) in [7, 11) is 0. The van der Waals surface area contributed by atoms with Gasteiger partial charge in [0, 0.05) is 6.20 Å². The highest BCUT2D eigenvalue weighted by atomic mass is 32.2. The van der Waals surface area contributed by atoms with Crippen molar-refractivity contribution in [2.24, 2.45) is 4.99 Å². The SMILES string of the molecule is O=C1/C(=C/c2ccc3c(c2)OCO3)S/C(=N/c2ccccn2)N1c1ccccc1. The molecular weight excluding hydrogens is 386 g/mol. The summed E-state index contributed by atoms with van der Waals surface area (Å²) < 4.78 is 10.8. The van der Waals surface area contributed by atoms with Gasteiger partial charge in [0.05, 0.1) is 10.6 Å². The lowest BCUT2D eigenvalue weighted by atomic mass is 10.2. The first-order valence-electron chi connectivity index (χ1n) is 8.96. The first-order chi connectivity index (χ1) is 14.3. The second kappa shape index (κ2) is 7.44. The minimum Gasteiger partial charge on any atom is -0.454 e. The normalized spacial score (nSPS) is 18.1. The van der Waals surface area contributed by atoms with Crippen LogP contribution in [0.25, 0.3) is 6.08 Å². The van der Waals surface area contributed by atoms with Crippen LogP contribution in [0, 0.1) is 0 Å². The topological polar surface area (TPSA) is 64.0 Å². The van der Waals surface area contributed by atoms with Crippen LogP contribution in [0.15, 0.2) is 82.8 Å². The van der Waals surface area contributed by atoms with E-state index in [1.54, 1.807) is 17.2 Å². The van der Waals surface area contributed by atoms with Crippen molar-refractivity contribution < 1.29 is 14.3 Å². The molecule has 7 heteroatoms. The van der Waals surface area contributed by atoms with Crippen molar-refractivity contribution in [2.45, 2.75) is 0 Å². The number of rotatable bonds is 3. The van der Waals surface area contributed by atoms with E-state index in [-0.39, 0.29) is 12.7 Å². The average Bonchev–Trinajstić information content (AvgIpc) is 3.34. The van der Waals surface area contributed by atoms with E-state index in [1.807, 2.05) is 66.7 Å². The molecule has 0 aliphatic carbocycles. The van der Waals surface area contributed by atoms with E-state index in [2.05, 4.69) is 9.98 Å². The molecule has 1 amide bonds. The monoisotopic (exact) mass is 401 g/mol. The summed E-state index contributed by atoms with van der Waals surface area (Å²) in [6.07, 6.45) is 3.52. The molecule has 1 fully saturated rings. The number of aliphatic imine (C=N–C) groups is 1. The molecular formula is C22H15N3O3S. The molecule has 0 atom stereocenters. The lowest BCUT2D eigenvalue weighted by molar-refractivity contribution is -0.113. The lowest BCUT2D eigenvalue weighted by Crippen LogP contribution is -2.28. The van der Waals surface area contributed by atoms with Gasteiger partial charge in [0.25, 0.3) is 5.91 Å². The summed E-state index contributed by atoms with van der Waals surface area (Å²) in [6, 6.07) is 20.6. The first-order valence-corrected chi connectivity index (χ1v) is 9.78. The van der Waals surface area contributed by atoms with Crippen LogP contribution in [-0.4, -0.2) is 22.9 Å². The summed E-state index contributed by atoms with van der Waals surface area (Å²) in [4.78, 5) is 24.3. The number of para-hydroxylation sites is 1. The van der Waals surface area contributed by atoms with Gasteiger partial charge in [-0.15, -0.1) is 0 Å². The summed E-state index contributed by atoms with van der Waals surface area (Å²) in [5, 5.41) is 0.562. The van der Waals surface area contributed by atoms with E-state index in [1.165, 1.54) is 11.8 Å². The largest absolute Gasteiger partial charge is 0.454 e. The third-order valence-corrected chi connectivity index (χ3v) is 5.34. The Kier molecular flexibility index (Phi) is 4.50. The van der Waals surface area contributed by atoms with E-state index in [0.717, 1.165) is 11.3 Å². The summed E-state index contributed by atoms with van der Waals surface area (Å²) in [5.74, 6) is 1.81. The van der Waals surface area contributed by atoms with Crippen molar-refractivity contribution >= 4 is 40.4 Å². The number of pyridine rings is 1. The number of fused-ring (bicyclic) bond motifs is 1. The van der Waals surface area contributed by atoms with Crippen molar-refractivity contribution in [1.29, 1.82) is 0 Å². The van der Waals surface area contributed by atoms with Gasteiger partial charge in [-0.2, -0.15) is 0 Å². The first kappa shape index (κ1) is 17.5. The molecule has 0 N–H and O–H groups in total. The number of amides is 1. The fourth-order valence-corrected chi connectivity index (χ4v) is 4.01. The van der Waals surface area contributed by atoms with E-state index >= 15 is 0 Å². The van der Waals surface area contributed by atoms with Gasteiger partial charge in [0.15, 0.2) is 22.5 Å². The Balaban J connectivity index is 1.54. The number of ether oxygens (including phenoxy) is 2. The molecule has 1 aromatic heterocycles. The zero-order chi connectivity index (χ0) is 19.6. The Morgan fingerprint density at radius 2 is 1.83 bits per heavy atom. The Labute approximate surface area is 171 Å². The number of carbonyl (C=O) groups excluding carboxylic acids is 1. The van der Waals surface area contributed by atoms with Gasteiger partial charge in [-0.1, -0.05) is 30.3 Å². The molecule has 2 aliphatic heterocycles. The van der Waals surface area contributed by atoms with Crippen LogP contribution in [0.4, 0.5) is 11.5 Å². The van der Waals surface area contributed by atoms with E-state index in [0.29, 0.717) is 27.4 Å². The van der Waals surface area contributed by atoms with E-state index < -0.39 is 0 Å². The standard InChI is InChI=1S/C22H15N3O3S/c26-21-19(13-15-9-10-17-18(12-15)28-14-27-17)29-22(24-20-8-4-5-11-23-20)25(21)16-6-2-1-3-7-16/h1-13H,14H2/b19-13-,24-22+. The molecule has 2 aliphatic rings. The predicted molar refractivity (Wildman–Crippen MR) is 113 cm³/mol. The number of carbonyl (C=O) groups is 1. The van der Waals surface area contributed by atoms with Crippen molar-refractivity contribution in [3.63, 3.8) is 0 Å². The Bertz CT molecular complexity index is 1130. The molecule has 0 bridgehead atoms. The summed E-state index contributed by atoms with van der Waals surface area (Å²) in [6.45, 7) is 0.214. The molecule has 6 nitrogen and oxygen atoms in total. The number of nitrogens with zero attached hydrogens (tertiary/aromatic N) is 3. The zero-order valence-corrected chi connectivity index (χ0v) is 16.0. The molecule has 142 valence electrons. The summed E-state index contributed by atoms with van der Waals surface area (Å²) >= 11 is 1.32. The van der Waals surface area contributed by atoms with Gasteiger partial charge in [0.2, 0.25) is 6.79 Å². The van der Waals surface area contributed by atoms with Crippen LogP contribution in [0.2, 0.25) is 0 Å². The predicted octanol–water partition coefficient (Wildman–Crippen LogP) is 4.62. The molecule has 2 aromatic carbocycles. The molecule has 0 radical (unpaired) electrons.